The minimum atomic E-state index is -0.869. The van der Waals surface area contributed by atoms with Crippen LogP contribution in [0.2, 0.25) is 5.02 Å². The lowest BCUT2D eigenvalue weighted by Crippen LogP contribution is -2.38. The van der Waals surface area contributed by atoms with E-state index in [-0.39, 0.29) is 29.2 Å². The van der Waals surface area contributed by atoms with Crippen molar-refractivity contribution in [2.45, 2.75) is 6.92 Å². The maximum atomic E-state index is 12.9. The minimum Gasteiger partial charge on any atom is -0.482 e. The zero-order valence-corrected chi connectivity index (χ0v) is 13.3. The highest BCUT2D eigenvalue weighted by molar-refractivity contribution is 7.85. The molecule has 0 saturated carbocycles. The van der Waals surface area contributed by atoms with Crippen molar-refractivity contribution in [3.05, 3.63) is 29.0 Å². The summed E-state index contributed by atoms with van der Waals surface area (Å²) in [6.07, 6.45) is 0. The van der Waals surface area contributed by atoms with Gasteiger partial charge in [0.2, 0.25) is 0 Å². The molecular weight excluding hydrogens is 317 g/mol. The highest BCUT2D eigenvalue weighted by Gasteiger charge is 2.23. The van der Waals surface area contributed by atoms with Gasteiger partial charge in [-0.1, -0.05) is 18.5 Å². The van der Waals surface area contributed by atoms with Gasteiger partial charge in [-0.05, 0) is 24.1 Å². The molecule has 0 aromatic heterocycles. The van der Waals surface area contributed by atoms with Gasteiger partial charge in [-0.15, -0.1) is 0 Å². The highest BCUT2D eigenvalue weighted by Crippen LogP contribution is 2.24. The maximum Gasteiger partial charge on any atom is 0.260 e. The summed E-state index contributed by atoms with van der Waals surface area (Å²) in [7, 11) is -0.869. The lowest BCUT2D eigenvalue weighted by Gasteiger charge is -2.22. The molecule has 4 nitrogen and oxygen atoms in total. The summed E-state index contributed by atoms with van der Waals surface area (Å²) in [6, 6.07) is 3.76. The molecule has 0 N–H and O–H groups in total. The van der Waals surface area contributed by atoms with E-state index >= 15 is 0 Å². The average Bonchev–Trinajstić information content (AvgIpc) is 2.58. The summed E-state index contributed by atoms with van der Waals surface area (Å²) in [6.45, 7) is 2.85. The number of halogens is 2. The van der Waals surface area contributed by atoms with Gasteiger partial charge in [-0.3, -0.25) is 9.00 Å². The fourth-order valence-corrected chi connectivity index (χ4v) is 3.74. The normalized spacial score (nSPS) is 22.7. The van der Waals surface area contributed by atoms with E-state index in [1.165, 1.54) is 12.1 Å². The Hall–Kier alpha value is -1.14. The monoisotopic (exact) mass is 333 g/mol. The molecule has 1 fully saturated rings. The standard InChI is InChI=1S/C14H17ClFNO3S/c1-10-7-17(4-5-21(19)9-10)14(18)8-20-13-3-2-11(16)6-12(13)15/h2-3,6,10H,4-5,7-9H2,1H3. The molecule has 1 aromatic rings. The number of amides is 1. The van der Waals surface area contributed by atoms with E-state index in [1.807, 2.05) is 6.92 Å². The van der Waals surface area contributed by atoms with Crippen LogP contribution in [0, 0.1) is 11.7 Å². The van der Waals surface area contributed by atoms with E-state index in [9.17, 15) is 13.4 Å². The van der Waals surface area contributed by atoms with Gasteiger partial charge >= 0.3 is 0 Å². The Bertz CT molecular complexity index is 555. The van der Waals surface area contributed by atoms with Crippen molar-refractivity contribution in [1.82, 2.24) is 4.90 Å². The number of benzene rings is 1. The quantitative estimate of drug-likeness (QED) is 0.851. The molecular formula is C14H17ClFNO3S. The second-order valence-corrected chi connectivity index (χ2v) is 7.15. The lowest BCUT2D eigenvalue weighted by molar-refractivity contribution is -0.133. The second-order valence-electron chi connectivity index (χ2n) is 5.12. The van der Waals surface area contributed by atoms with Gasteiger partial charge < -0.3 is 9.64 Å². The molecule has 2 atom stereocenters. The van der Waals surface area contributed by atoms with Gasteiger partial charge in [0.1, 0.15) is 11.6 Å². The molecule has 1 aliphatic heterocycles. The van der Waals surface area contributed by atoms with Gasteiger partial charge in [0.15, 0.2) is 6.61 Å². The van der Waals surface area contributed by atoms with Crippen LogP contribution in [0.5, 0.6) is 5.75 Å². The van der Waals surface area contributed by atoms with Crippen LogP contribution in [-0.4, -0.2) is 46.2 Å². The largest absolute Gasteiger partial charge is 0.482 e. The van der Waals surface area contributed by atoms with Gasteiger partial charge in [-0.25, -0.2) is 4.39 Å². The molecule has 0 radical (unpaired) electrons. The Labute approximate surface area is 130 Å². The number of nitrogens with zero attached hydrogens (tertiary/aromatic N) is 1. The average molecular weight is 334 g/mol. The predicted octanol–water partition coefficient (Wildman–Crippen LogP) is 2.08. The van der Waals surface area contributed by atoms with Crippen molar-refractivity contribution in [2.24, 2.45) is 5.92 Å². The molecule has 116 valence electrons. The number of carbonyl (C=O) groups excluding carboxylic acids is 1. The van der Waals surface area contributed by atoms with Crippen LogP contribution < -0.4 is 4.74 Å². The molecule has 0 bridgehead atoms. The summed E-state index contributed by atoms with van der Waals surface area (Å²) < 4.78 is 29.9. The van der Waals surface area contributed by atoms with Crippen LogP contribution in [0.25, 0.3) is 0 Å². The van der Waals surface area contributed by atoms with Crippen LogP contribution in [0.15, 0.2) is 18.2 Å². The first kappa shape index (κ1) is 16.2. The molecule has 0 aliphatic carbocycles. The van der Waals surface area contributed by atoms with Crippen molar-refractivity contribution in [1.29, 1.82) is 0 Å². The first-order valence-electron chi connectivity index (χ1n) is 6.66. The van der Waals surface area contributed by atoms with E-state index < -0.39 is 16.6 Å². The first-order chi connectivity index (χ1) is 9.95. The zero-order chi connectivity index (χ0) is 15.4. The topological polar surface area (TPSA) is 46.6 Å². The van der Waals surface area contributed by atoms with Gasteiger partial charge in [0.25, 0.3) is 5.91 Å². The van der Waals surface area contributed by atoms with E-state index in [0.717, 1.165) is 6.07 Å². The van der Waals surface area contributed by atoms with E-state index in [2.05, 4.69) is 0 Å². The second kappa shape index (κ2) is 7.22. The van der Waals surface area contributed by atoms with Crippen molar-refractivity contribution in [2.75, 3.05) is 31.2 Å². The van der Waals surface area contributed by atoms with E-state index in [4.69, 9.17) is 16.3 Å². The van der Waals surface area contributed by atoms with Crippen molar-refractivity contribution >= 4 is 28.3 Å². The summed E-state index contributed by atoms with van der Waals surface area (Å²) in [5.41, 5.74) is 0. The summed E-state index contributed by atoms with van der Waals surface area (Å²) in [5, 5.41) is 0.133. The Morgan fingerprint density at radius 3 is 3.05 bits per heavy atom. The fraction of sp³-hybridized carbons (Fsp3) is 0.500. The third-order valence-electron chi connectivity index (χ3n) is 3.19. The predicted molar refractivity (Wildman–Crippen MR) is 80.5 cm³/mol. The minimum absolute atomic E-state index is 0.133. The summed E-state index contributed by atoms with van der Waals surface area (Å²) >= 11 is 5.84. The maximum absolute atomic E-state index is 12.9. The summed E-state index contributed by atoms with van der Waals surface area (Å²) in [5.74, 6) is 0.954. The molecule has 21 heavy (non-hydrogen) atoms. The first-order valence-corrected chi connectivity index (χ1v) is 8.53. The fourth-order valence-electron chi connectivity index (χ4n) is 2.18. The van der Waals surface area contributed by atoms with Crippen LogP contribution in [0.1, 0.15) is 6.92 Å². The Balaban J connectivity index is 1.93. The number of hydrogen-bond acceptors (Lipinski definition) is 3. The van der Waals surface area contributed by atoms with Crippen molar-refractivity contribution < 1.29 is 18.1 Å². The van der Waals surface area contributed by atoms with Crippen LogP contribution in [0.3, 0.4) is 0 Å². The van der Waals surface area contributed by atoms with E-state index in [0.29, 0.717) is 24.6 Å². The number of hydrogen-bond donors (Lipinski definition) is 0. The molecule has 7 heteroatoms. The van der Waals surface area contributed by atoms with Crippen molar-refractivity contribution in [3.8, 4) is 5.75 Å². The van der Waals surface area contributed by atoms with Crippen LogP contribution in [-0.2, 0) is 15.6 Å². The zero-order valence-electron chi connectivity index (χ0n) is 11.7. The van der Waals surface area contributed by atoms with Gasteiger partial charge in [0, 0.05) is 35.4 Å². The highest BCUT2D eigenvalue weighted by atomic mass is 35.5. The molecule has 0 spiro atoms. The number of rotatable bonds is 3. The molecule has 2 rings (SSSR count). The molecule has 1 saturated heterocycles. The summed E-state index contributed by atoms with van der Waals surface area (Å²) in [4.78, 5) is 13.8. The molecule has 2 unspecified atom stereocenters. The molecule has 1 aromatic carbocycles. The smallest absolute Gasteiger partial charge is 0.260 e. The van der Waals surface area contributed by atoms with E-state index in [1.54, 1.807) is 4.90 Å². The van der Waals surface area contributed by atoms with Crippen LogP contribution in [0.4, 0.5) is 4.39 Å². The molecule has 1 amide bonds. The molecule has 1 heterocycles. The van der Waals surface area contributed by atoms with Gasteiger partial charge in [-0.2, -0.15) is 0 Å². The SMILES string of the molecule is CC1CN(C(=O)COc2ccc(F)cc2Cl)CCS(=O)C1. The third-order valence-corrected chi connectivity index (χ3v) is 5.06. The van der Waals surface area contributed by atoms with Gasteiger partial charge in [0.05, 0.1) is 5.02 Å². The Morgan fingerprint density at radius 1 is 1.57 bits per heavy atom. The lowest BCUT2D eigenvalue weighted by atomic mass is 10.2. The molecule has 1 aliphatic rings. The number of carbonyl (C=O) groups is 1. The van der Waals surface area contributed by atoms with Crippen LogP contribution >= 0.6 is 11.6 Å². The van der Waals surface area contributed by atoms with Crippen molar-refractivity contribution in [3.63, 3.8) is 0 Å². The Kier molecular flexibility index (Phi) is 5.58. The number of ether oxygens (including phenoxy) is 1. The third kappa shape index (κ3) is 4.68. The Morgan fingerprint density at radius 2 is 2.33 bits per heavy atom.